The molecule has 164 valence electrons. The Morgan fingerprint density at radius 3 is 2.59 bits per heavy atom. The van der Waals surface area contributed by atoms with E-state index < -0.39 is 0 Å². The Labute approximate surface area is 184 Å². The van der Waals surface area contributed by atoms with Gasteiger partial charge in [-0.15, -0.1) is 0 Å². The highest BCUT2D eigenvalue weighted by molar-refractivity contribution is 5.81. The van der Waals surface area contributed by atoms with Crippen molar-refractivity contribution in [1.29, 1.82) is 0 Å². The molecule has 0 aliphatic heterocycles. The van der Waals surface area contributed by atoms with Crippen LogP contribution in [0.2, 0.25) is 0 Å². The molecule has 8 nitrogen and oxygen atoms in total. The molecule has 0 bridgehead atoms. The van der Waals surface area contributed by atoms with Crippen LogP contribution in [0.25, 0.3) is 22.3 Å². The molecule has 0 aliphatic carbocycles. The Balaban J connectivity index is 1.57. The maximum atomic E-state index is 12.4. The molecule has 3 aromatic carbocycles. The van der Waals surface area contributed by atoms with Gasteiger partial charge in [0.1, 0.15) is 36.3 Å². The molecule has 1 aromatic heterocycles. The Kier molecular flexibility index (Phi) is 5.85. The molecule has 5 N–H and O–H groups in total. The predicted molar refractivity (Wildman–Crippen MR) is 126 cm³/mol. The molecule has 0 amide bonds. The molecule has 0 saturated heterocycles. The summed E-state index contributed by atoms with van der Waals surface area (Å²) in [6, 6.07) is 15.8. The molecule has 0 fully saturated rings. The number of aryl methyl sites for hydroxylation is 1. The molecular formula is C24H24N4O4. The van der Waals surface area contributed by atoms with E-state index in [4.69, 9.17) is 15.2 Å². The molecule has 4 aromatic rings. The predicted octanol–water partition coefficient (Wildman–Crippen LogP) is 3.69. The molecule has 0 spiro atoms. The lowest BCUT2D eigenvalue weighted by Crippen LogP contribution is -2.12. The second-order valence-corrected chi connectivity index (χ2v) is 7.29. The molecular weight excluding hydrogens is 408 g/mol. The molecule has 0 radical (unpaired) electrons. The van der Waals surface area contributed by atoms with E-state index in [1.165, 1.54) is 6.07 Å². The minimum atomic E-state index is -0.283. The zero-order valence-electron chi connectivity index (χ0n) is 17.8. The van der Waals surface area contributed by atoms with Crippen molar-refractivity contribution in [3.8, 4) is 28.6 Å². The largest absolute Gasteiger partial charge is 0.507 e. The van der Waals surface area contributed by atoms with E-state index >= 15 is 0 Å². The number of rotatable bonds is 7. The molecule has 4 rings (SSSR count). The Morgan fingerprint density at radius 2 is 1.81 bits per heavy atom. The topological polar surface area (TPSA) is 122 Å². The first-order valence-electron chi connectivity index (χ1n) is 10.1. The average molecular weight is 432 g/mol. The lowest BCUT2D eigenvalue weighted by atomic mass is 10.1. The number of nitrogens with two attached hydrogens (primary N) is 1. The van der Waals surface area contributed by atoms with Gasteiger partial charge in [-0.25, -0.2) is 4.98 Å². The Bertz CT molecular complexity index is 1330. The number of nitrogen functional groups attached to an aromatic ring is 1. The van der Waals surface area contributed by atoms with Crippen molar-refractivity contribution in [3.63, 3.8) is 0 Å². The molecule has 32 heavy (non-hydrogen) atoms. The maximum Gasteiger partial charge on any atom is 0.259 e. The van der Waals surface area contributed by atoms with Gasteiger partial charge in [0.05, 0.1) is 27.8 Å². The summed E-state index contributed by atoms with van der Waals surface area (Å²) >= 11 is 0. The number of aromatic amines is 1. The number of para-hydroxylation sites is 1. The molecule has 8 heteroatoms. The summed E-state index contributed by atoms with van der Waals surface area (Å²) in [5.74, 6) is 1.30. The fourth-order valence-corrected chi connectivity index (χ4v) is 3.36. The van der Waals surface area contributed by atoms with Gasteiger partial charge in [0.15, 0.2) is 0 Å². The highest BCUT2D eigenvalue weighted by atomic mass is 16.5. The van der Waals surface area contributed by atoms with Crippen LogP contribution in [0.3, 0.4) is 0 Å². The Morgan fingerprint density at radius 1 is 1.06 bits per heavy atom. The number of anilines is 2. The normalized spacial score (nSPS) is 10.8. The second kappa shape index (κ2) is 8.89. The number of phenolic OH excluding ortho intramolecular Hbond substituents is 1. The highest BCUT2D eigenvalue weighted by Crippen LogP contribution is 2.37. The van der Waals surface area contributed by atoms with Crippen molar-refractivity contribution < 1.29 is 14.6 Å². The number of nitrogens with zero attached hydrogens (tertiary/aromatic N) is 1. The van der Waals surface area contributed by atoms with E-state index in [0.29, 0.717) is 39.3 Å². The summed E-state index contributed by atoms with van der Waals surface area (Å²) < 4.78 is 11.6. The van der Waals surface area contributed by atoms with Crippen LogP contribution in [0, 0.1) is 6.92 Å². The van der Waals surface area contributed by atoms with E-state index in [1.807, 2.05) is 19.1 Å². The number of nitrogens with one attached hydrogen (secondary N) is 2. The van der Waals surface area contributed by atoms with Crippen LogP contribution >= 0.6 is 0 Å². The van der Waals surface area contributed by atoms with Crippen LogP contribution < -0.4 is 26.1 Å². The van der Waals surface area contributed by atoms with Crippen LogP contribution in [0.15, 0.2) is 59.4 Å². The van der Waals surface area contributed by atoms with Gasteiger partial charge in [-0.1, -0.05) is 18.2 Å². The van der Waals surface area contributed by atoms with Gasteiger partial charge >= 0.3 is 0 Å². The summed E-state index contributed by atoms with van der Waals surface area (Å²) in [5.41, 5.74) is 8.74. The number of aromatic hydroxyl groups is 1. The van der Waals surface area contributed by atoms with Gasteiger partial charge in [-0.3, -0.25) is 4.79 Å². The first-order chi connectivity index (χ1) is 15.5. The monoisotopic (exact) mass is 432 g/mol. The lowest BCUT2D eigenvalue weighted by Gasteiger charge is -2.15. The van der Waals surface area contributed by atoms with E-state index in [2.05, 4.69) is 15.3 Å². The molecule has 0 saturated carbocycles. The minimum absolute atomic E-state index is 0.0380. The number of ether oxygens (including phenoxy) is 2. The van der Waals surface area contributed by atoms with Crippen molar-refractivity contribution in [3.05, 3.63) is 70.5 Å². The highest BCUT2D eigenvalue weighted by Gasteiger charge is 2.15. The minimum Gasteiger partial charge on any atom is -0.507 e. The molecule has 0 aliphatic rings. The fraction of sp³-hybridized carbons (Fsp3) is 0.167. The van der Waals surface area contributed by atoms with Crippen molar-refractivity contribution in [2.45, 2.75) is 6.92 Å². The third-order valence-corrected chi connectivity index (χ3v) is 5.00. The Hall–Kier alpha value is -4.20. The summed E-state index contributed by atoms with van der Waals surface area (Å²) in [7, 11) is 1.72. The number of hydrogen-bond acceptors (Lipinski definition) is 7. The lowest BCUT2D eigenvalue weighted by molar-refractivity contribution is 0.218. The van der Waals surface area contributed by atoms with Crippen LogP contribution in [0.1, 0.15) is 5.56 Å². The zero-order valence-corrected chi connectivity index (χ0v) is 17.8. The molecule has 0 atom stereocenters. The second-order valence-electron chi connectivity index (χ2n) is 7.29. The van der Waals surface area contributed by atoms with Gasteiger partial charge < -0.3 is 30.6 Å². The average Bonchev–Trinajstić information content (AvgIpc) is 2.79. The number of aromatic nitrogens is 2. The maximum absolute atomic E-state index is 12.4. The molecule has 0 unspecified atom stereocenters. The van der Waals surface area contributed by atoms with Crippen LogP contribution in [-0.4, -0.2) is 35.3 Å². The quantitative estimate of drug-likeness (QED) is 0.259. The standard InChI is InChI=1S/C24H24N4O4/c1-14-7-8-17(25)21(11-14)31-9-10-32-22-12-16(20(29)13-19(22)26-2)23-27-18-6-4-3-5-15(18)24(30)28-23/h3-8,11-13,26,29H,9-10,25H2,1-2H3,(H,27,28,30). The van der Waals surface area contributed by atoms with Crippen molar-refractivity contribution in [1.82, 2.24) is 9.97 Å². The van der Waals surface area contributed by atoms with Gasteiger partial charge in [0.25, 0.3) is 5.56 Å². The van der Waals surface area contributed by atoms with Crippen molar-refractivity contribution >= 4 is 22.3 Å². The summed E-state index contributed by atoms with van der Waals surface area (Å²) in [5, 5.41) is 14.0. The first-order valence-corrected chi connectivity index (χ1v) is 10.1. The van der Waals surface area contributed by atoms with Gasteiger partial charge in [0.2, 0.25) is 0 Å². The SMILES string of the molecule is CNc1cc(O)c(-c2nc3ccccc3c(=O)[nH]2)cc1OCCOc1cc(C)ccc1N. The van der Waals surface area contributed by atoms with Crippen LogP contribution in [0.4, 0.5) is 11.4 Å². The number of hydrogen-bond donors (Lipinski definition) is 4. The molecule has 1 heterocycles. The number of fused-ring (bicyclic) bond motifs is 1. The van der Waals surface area contributed by atoms with Crippen LogP contribution in [0.5, 0.6) is 17.2 Å². The van der Waals surface area contributed by atoms with Gasteiger partial charge in [-0.2, -0.15) is 0 Å². The van der Waals surface area contributed by atoms with Crippen molar-refractivity contribution in [2.24, 2.45) is 0 Å². The first kappa shape index (κ1) is 21.0. The summed E-state index contributed by atoms with van der Waals surface area (Å²) in [6.07, 6.45) is 0. The zero-order chi connectivity index (χ0) is 22.7. The number of benzene rings is 3. The smallest absolute Gasteiger partial charge is 0.259 e. The number of phenols is 1. The van der Waals surface area contributed by atoms with Crippen molar-refractivity contribution in [2.75, 3.05) is 31.3 Å². The fourth-order valence-electron chi connectivity index (χ4n) is 3.36. The van der Waals surface area contributed by atoms with Gasteiger partial charge in [-0.05, 0) is 42.8 Å². The van der Waals surface area contributed by atoms with Crippen LogP contribution in [-0.2, 0) is 0 Å². The van der Waals surface area contributed by atoms with Gasteiger partial charge in [0, 0.05) is 13.1 Å². The summed E-state index contributed by atoms with van der Waals surface area (Å²) in [6.45, 7) is 2.48. The van der Waals surface area contributed by atoms with E-state index in [0.717, 1.165) is 5.56 Å². The third kappa shape index (κ3) is 4.29. The third-order valence-electron chi connectivity index (χ3n) is 5.00. The summed E-state index contributed by atoms with van der Waals surface area (Å²) in [4.78, 5) is 19.7. The number of H-pyrrole nitrogens is 1. The van der Waals surface area contributed by atoms with E-state index in [9.17, 15) is 9.90 Å². The van der Waals surface area contributed by atoms with E-state index in [-0.39, 0.29) is 30.3 Å². The van der Waals surface area contributed by atoms with E-state index in [1.54, 1.807) is 43.4 Å².